The number of carbonyl (C=O) groups is 1. The van der Waals surface area contributed by atoms with E-state index in [1.54, 1.807) is 35.4 Å². The number of nitrogens with two attached hydrogens (primary N) is 1. The number of aryl methyl sites for hydroxylation is 1. The fourth-order valence-corrected chi connectivity index (χ4v) is 5.69. The van der Waals surface area contributed by atoms with E-state index in [-0.39, 0.29) is 35.7 Å². The first-order valence-electron chi connectivity index (χ1n) is 12.0. The summed E-state index contributed by atoms with van der Waals surface area (Å²) in [6.45, 7) is 5.82. The van der Waals surface area contributed by atoms with Crippen molar-refractivity contribution in [3.8, 4) is 11.4 Å². The number of aliphatic hydroxyl groups is 1. The molecular weight excluding hydrogens is 493 g/mol. The average molecular weight is 520 g/mol. The minimum absolute atomic E-state index is 0.180. The fourth-order valence-electron chi connectivity index (χ4n) is 4.72. The van der Waals surface area contributed by atoms with Crippen molar-refractivity contribution in [2.45, 2.75) is 50.7 Å². The van der Waals surface area contributed by atoms with Gasteiger partial charge in [0, 0.05) is 38.9 Å². The van der Waals surface area contributed by atoms with Gasteiger partial charge >= 0.3 is 5.97 Å². The lowest BCUT2D eigenvalue weighted by molar-refractivity contribution is -0.157. The quantitative estimate of drug-likeness (QED) is 0.199. The number of benzene rings is 2. The maximum atomic E-state index is 14.5. The molecule has 0 amide bonds. The van der Waals surface area contributed by atoms with E-state index < -0.39 is 12.1 Å². The maximum Gasteiger partial charge on any atom is 0.340 e. The lowest BCUT2D eigenvalue weighted by Gasteiger charge is -2.21. The van der Waals surface area contributed by atoms with Crippen molar-refractivity contribution in [2.24, 2.45) is 0 Å². The largest absolute Gasteiger partial charge is 0.458 e. The van der Waals surface area contributed by atoms with Crippen molar-refractivity contribution in [1.29, 1.82) is 0 Å². The van der Waals surface area contributed by atoms with Gasteiger partial charge in [0.15, 0.2) is 6.10 Å². The topological polar surface area (TPSA) is 107 Å². The van der Waals surface area contributed by atoms with Gasteiger partial charge in [0.05, 0.1) is 29.0 Å². The van der Waals surface area contributed by atoms with Gasteiger partial charge in [-0.05, 0) is 54.4 Å². The first-order chi connectivity index (χ1) is 17.8. The molecular formula is C28H26FN3O4S. The Hall–Kier alpha value is -3.69. The van der Waals surface area contributed by atoms with Gasteiger partial charge in [-0.25, -0.2) is 14.2 Å². The Balaban J connectivity index is 0.00000137. The number of cyclic esters (lactones) is 1. The number of thioether (sulfide) groups is 1. The van der Waals surface area contributed by atoms with Crippen molar-refractivity contribution in [3.63, 3.8) is 0 Å². The smallest absolute Gasteiger partial charge is 0.340 e. The molecule has 7 nitrogen and oxygen atoms in total. The number of nitrogen functional groups attached to an aromatic ring is 1. The first-order valence-corrected chi connectivity index (χ1v) is 13.0. The Morgan fingerprint density at radius 1 is 1.16 bits per heavy atom. The third-order valence-electron chi connectivity index (χ3n) is 6.62. The highest BCUT2D eigenvalue weighted by atomic mass is 32.2. The second-order valence-corrected chi connectivity index (χ2v) is 9.81. The summed E-state index contributed by atoms with van der Waals surface area (Å²) in [4.78, 5) is 31.0. The fraction of sp³-hybridized carbons (Fsp3) is 0.250. The van der Waals surface area contributed by atoms with Crippen LogP contribution in [-0.2, 0) is 28.4 Å². The summed E-state index contributed by atoms with van der Waals surface area (Å²) >= 11 is 1.61. The summed E-state index contributed by atoms with van der Waals surface area (Å²) in [5.41, 5.74) is 10.5. The van der Waals surface area contributed by atoms with E-state index in [0.717, 1.165) is 21.4 Å². The predicted octanol–water partition coefficient (Wildman–Crippen LogP) is 4.86. The molecule has 190 valence electrons. The number of fused-ring (bicyclic) bond motifs is 5. The molecule has 2 aliphatic rings. The Labute approximate surface area is 217 Å². The van der Waals surface area contributed by atoms with Gasteiger partial charge in [0.25, 0.3) is 5.56 Å². The number of hydrogen-bond donors (Lipinski definition) is 2. The van der Waals surface area contributed by atoms with Crippen LogP contribution in [0.5, 0.6) is 0 Å². The molecule has 4 heterocycles. The number of nitrogens with zero attached hydrogens (tertiary/aromatic N) is 2. The number of aliphatic hydroxyl groups excluding tert-OH is 1. The number of ether oxygens (including phenoxy) is 1. The number of aromatic nitrogens is 2. The van der Waals surface area contributed by atoms with Crippen molar-refractivity contribution in [1.82, 2.24) is 9.55 Å². The summed E-state index contributed by atoms with van der Waals surface area (Å²) in [6, 6.07) is 12.4. The van der Waals surface area contributed by atoms with Crippen LogP contribution in [0, 0.1) is 12.7 Å². The van der Waals surface area contributed by atoms with E-state index in [0.29, 0.717) is 33.9 Å². The van der Waals surface area contributed by atoms with Crippen molar-refractivity contribution < 1.29 is 19.0 Å². The standard InChI is InChI=1S/C26H20FN3O4S.C2H6/c1-12-6-15-19(11-35-14-4-2-13(28)3-5-14)17-9-30-22(23(17)29-21(15)8-20(12)27)7-16-18(25(30)32)10-34-26(33)24(16)31;1-2/h2-8,24,31H,9-11,28H2,1H3;1-2H3. The highest BCUT2D eigenvalue weighted by Gasteiger charge is 2.34. The molecule has 0 bridgehead atoms. The summed E-state index contributed by atoms with van der Waals surface area (Å²) in [5.74, 6) is -0.575. The van der Waals surface area contributed by atoms with Crippen LogP contribution in [0.3, 0.4) is 0 Å². The van der Waals surface area contributed by atoms with Gasteiger partial charge < -0.3 is 20.1 Å². The van der Waals surface area contributed by atoms with Crippen LogP contribution >= 0.6 is 11.8 Å². The zero-order valence-electron chi connectivity index (χ0n) is 20.7. The van der Waals surface area contributed by atoms with Crippen LogP contribution < -0.4 is 11.3 Å². The molecule has 3 N–H and O–H groups in total. The number of rotatable bonds is 3. The van der Waals surface area contributed by atoms with Crippen molar-refractivity contribution in [3.05, 3.63) is 86.5 Å². The molecule has 2 aromatic heterocycles. The zero-order chi connectivity index (χ0) is 26.4. The van der Waals surface area contributed by atoms with Crippen molar-refractivity contribution in [2.75, 3.05) is 5.73 Å². The summed E-state index contributed by atoms with van der Waals surface area (Å²) in [6.07, 6.45) is -1.53. The van der Waals surface area contributed by atoms with Crippen LogP contribution in [-0.4, -0.2) is 20.6 Å². The van der Waals surface area contributed by atoms with Crippen LogP contribution in [0.2, 0.25) is 0 Å². The molecule has 1 atom stereocenters. The Kier molecular flexibility index (Phi) is 6.51. The highest BCUT2D eigenvalue weighted by Crippen LogP contribution is 2.40. The van der Waals surface area contributed by atoms with Gasteiger partial charge in [0.1, 0.15) is 12.4 Å². The van der Waals surface area contributed by atoms with Crippen LogP contribution in [0.25, 0.3) is 22.3 Å². The molecule has 6 rings (SSSR count). The molecule has 2 aromatic carbocycles. The predicted molar refractivity (Wildman–Crippen MR) is 142 cm³/mol. The van der Waals surface area contributed by atoms with Gasteiger partial charge in [-0.2, -0.15) is 0 Å². The van der Waals surface area contributed by atoms with Gasteiger partial charge in [0.2, 0.25) is 0 Å². The van der Waals surface area contributed by atoms with E-state index >= 15 is 0 Å². The third-order valence-corrected chi connectivity index (χ3v) is 7.66. The molecule has 0 saturated heterocycles. The molecule has 0 spiro atoms. The molecule has 9 heteroatoms. The van der Waals surface area contributed by atoms with Crippen molar-refractivity contribution >= 4 is 34.3 Å². The monoisotopic (exact) mass is 519 g/mol. The number of pyridine rings is 2. The molecule has 37 heavy (non-hydrogen) atoms. The number of halogens is 1. The molecule has 1 unspecified atom stereocenters. The molecule has 0 fully saturated rings. The molecule has 4 aromatic rings. The van der Waals surface area contributed by atoms with E-state index in [1.807, 2.05) is 38.1 Å². The minimum atomic E-state index is -1.53. The summed E-state index contributed by atoms with van der Waals surface area (Å²) < 4.78 is 21.1. The van der Waals surface area contributed by atoms with Crippen LogP contribution in [0.4, 0.5) is 10.1 Å². The zero-order valence-corrected chi connectivity index (χ0v) is 21.5. The SMILES string of the molecule is CC.Cc1cc2c(CSc3ccc(N)cc3)c3c(nc2cc1F)-c1cc2c(c(=O)n1C3)COC(=O)C2O. The van der Waals surface area contributed by atoms with Gasteiger partial charge in [-0.3, -0.25) is 4.79 Å². The minimum Gasteiger partial charge on any atom is -0.458 e. The second kappa shape index (κ2) is 9.64. The summed E-state index contributed by atoms with van der Waals surface area (Å²) in [5, 5.41) is 11.2. The highest BCUT2D eigenvalue weighted by molar-refractivity contribution is 7.98. The lowest BCUT2D eigenvalue weighted by atomic mass is 9.98. The Morgan fingerprint density at radius 3 is 2.62 bits per heavy atom. The average Bonchev–Trinajstić information content (AvgIpc) is 3.26. The maximum absolute atomic E-state index is 14.5. The number of esters is 1. The molecule has 0 saturated carbocycles. The first kappa shape index (κ1) is 25.0. The molecule has 2 aliphatic heterocycles. The molecule has 0 radical (unpaired) electrons. The number of carbonyl (C=O) groups excluding carboxylic acids is 1. The number of hydrogen-bond acceptors (Lipinski definition) is 7. The van der Waals surface area contributed by atoms with Crippen LogP contribution in [0.1, 0.15) is 47.8 Å². The Bertz CT molecular complexity index is 1620. The molecule has 0 aliphatic carbocycles. The van der Waals surface area contributed by atoms with E-state index in [2.05, 4.69) is 0 Å². The number of anilines is 1. The van der Waals surface area contributed by atoms with Gasteiger partial charge in [-0.15, -0.1) is 11.8 Å². The third kappa shape index (κ3) is 4.18. The Morgan fingerprint density at radius 2 is 1.89 bits per heavy atom. The van der Waals surface area contributed by atoms with Gasteiger partial charge in [-0.1, -0.05) is 13.8 Å². The lowest BCUT2D eigenvalue weighted by Crippen LogP contribution is -2.32. The van der Waals surface area contributed by atoms with E-state index in [9.17, 15) is 19.1 Å². The van der Waals surface area contributed by atoms with E-state index in [4.69, 9.17) is 15.5 Å². The summed E-state index contributed by atoms with van der Waals surface area (Å²) in [7, 11) is 0. The van der Waals surface area contributed by atoms with Crippen LogP contribution in [0.15, 0.2) is 52.2 Å². The second-order valence-electron chi connectivity index (χ2n) is 8.76. The normalized spacial score (nSPS) is 15.4. The van der Waals surface area contributed by atoms with E-state index in [1.165, 1.54) is 6.07 Å².